The molecule has 1 saturated heterocycles. The van der Waals surface area contributed by atoms with Crippen molar-refractivity contribution in [3.05, 3.63) is 29.1 Å². The second-order valence-corrected chi connectivity index (χ2v) is 5.85. The van der Waals surface area contributed by atoms with Crippen molar-refractivity contribution >= 4 is 11.6 Å². The van der Waals surface area contributed by atoms with Gasteiger partial charge in [-0.3, -0.25) is 0 Å². The molecule has 3 rings (SSSR count). The molecule has 1 N–H and O–H groups in total. The van der Waals surface area contributed by atoms with Crippen molar-refractivity contribution in [2.75, 3.05) is 6.54 Å². The summed E-state index contributed by atoms with van der Waals surface area (Å²) in [6.45, 7) is 4.94. The fourth-order valence-corrected chi connectivity index (χ4v) is 2.59. The molecular weight excluding hydrogens is 290 g/mol. The fourth-order valence-electron chi connectivity index (χ4n) is 2.42. The lowest BCUT2D eigenvalue weighted by molar-refractivity contribution is 0.243. The monoisotopic (exact) mass is 307 g/mol. The zero-order chi connectivity index (χ0) is 14.8. The molecule has 2 aromatic rings. The Morgan fingerprint density at radius 2 is 2.29 bits per heavy atom. The van der Waals surface area contributed by atoms with Gasteiger partial charge in [0.2, 0.25) is 11.7 Å². The highest BCUT2D eigenvalue weighted by atomic mass is 35.5. The molecule has 5 nitrogen and oxygen atoms in total. The van der Waals surface area contributed by atoms with Gasteiger partial charge in [-0.1, -0.05) is 16.8 Å². The Labute approximate surface area is 128 Å². The van der Waals surface area contributed by atoms with E-state index in [1.807, 2.05) is 19.9 Å². The van der Waals surface area contributed by atoms with Gasteiger partial charge in [-0.15, -0.1) is 0 Å². The first kappa shape index (κ1) is 14.4. The predicted octanol–water partition coefficient (Wildman–Crippen LogP) is 3.60. The van der Waals surface area contributed by atoms with Crippen LogP contribution in [0.5, 0.6) is 5.75 Å². The van der Waals surface area contributed by atoms with Crippen LogP contribution in [0, 0.1) is 0 Å². The highest BCUT2D eigenvalue weighted by Crippen LogP contribution is 2.33. The second kappa shape index (κ2) is 6.03. The first-order valence-corrected chi connectivity index (χ1v) is 7.55. The Hall–Kier alpha value is -1.59. The van der Waals surface area contributed by atoms with Gasteiger partial charge in [0.15, 0.2) is 0 Å². The normalized spacial score (nSPS) is 18.4. The first-order chi connectivity index (χ1) is 10.1. The smallest absolute Gasteiger partial charge is 0.244 e. The molecule has 1 unspecified atom stereocenters. The van der Waals surface area contributed by atoms with E-state index in [1.165, 1.54) is 0 Å². The third kappa shape index (κ3) is 3.19. The summed E-state index contributed by atoms with van der Waals surface area (Å²) in [6.07, 6.45) is 2.21. The first-order valence-electron chi connectivity index (χ1n) is 7.17. The summed E-state index contributed by atoms with van der Waals surface area (Å²) >= 11 is 6.08. The van der Waals surface area contributed by atoms with Gasteiger partial charge in [0, 0.05) is 5.02 Å². The van der Waals surface area contributed by atoms with E-state index < -0.39 is 0 Å². The Morgan fingerprint density at radius 3 is 3.00 bits per heavy atom. The van der Waals surface area contributed by atoms with Crippen LogP contribution in [0.3, 0.4) is 0 Å². The van der Waals surface area contributed by atoms with E-state index in [2.05, 4.69) is 15.5 Å². The van der Waals surface area contributed by atoms with Crippen LogP contribution < -0.4 is 10.1 Å². The molecule has 0 amide bonds. The SMILES string of the molecule is CC(C)Oc1ccc(Cl)cc1-c1noc(C2CCCN2)n1. The minimum absolute atomic E-state index is 0.0628. The molecule has 1 atom stereocenters. The number of benzene rings is 1. The van der Waals surface area contributed by atoms with Crippen LogP contribution in [-0.4, -0.2) is 22.8 Å². The standard InChI is InChI=1S/C15H18ClN3O2/c1-9(2)20-13-6-5-10(16)8-11(13)14-18-15(21-19-14)12-4-3-7-17-12/h5-6,8-9,12,17H,3-4,7H2,1-2H3. The average molecular weight is 308 g/mol. The van der Waals surface area contributed by atoms with Crippen LogP contribution in [0.15, 0.2) is 22.7 Å². The second-order valence-electron chi connectivity index (χ2n) is 5.41. The highest BCUT2D eigenvalue weighted by molar-refractivity contribution is 6.30. The highest BCUT2D eigenvalue weighted by Gasteiger charge is 2.23. The van der Waals surface area contributed by atoms with Crippen LogP contribution in [0.2, 0.25) is 5.02 Å². The number of rotatable bonds is 4. The van der Waals surface area contributed by atoms with Crippen molar-refractivity contribution in [1.29, 1.82) is 0 Å². The Kier molecular flexibility index (Phi) is 4.12. The van der Waals surface area contributed by atoms with Gasteiger partial charge >= 0.3 is 0 Å². The van der Waals surface area contributed by atoms with Crippen molar-refractivity contribution in [2.24, 2.45) is 0 Å². The predicted molar refractivity (Wildman–Crippen MR) is 80.5 cm³/mol. The van der Waals surface area contributed by atoms with Crippen molar-refractivity contribution in [1.82, 2.24) is 15.5 Å². The number of hydrogen-bond acceptors (Lipinski definition) is 5. The zero-order valence-electron chi connectivity index (χ0n) is 12.1. The molecular formula is C15H18ClN3O2. The number of aromatic nitrogens is 2. The molecule has 6 heteroatoms. The van der Waals surface area contributed by atoms with Gasteiger partial charge in [-0.05, 0) is 51.4 Å². The third-order valence-electron chi connectivity index (χ3n) is 3.35. The molecule has 21 heavy (non-hydrogen) atoms. The summed E-state index contributed by atoms with van der Waals surface area (Å²) in [6, 6.07) is 5.58. The van der Waals surface area contributed by atoms with Crippen molar-refractivity contribution in [3.8, 4) is 17.1 Å². The minimum atomic E-state index is 0.0628. The largest absolute Gasteiger partial charge is 0.490 e. The number of ether oxygens (including phenoxy) is 1. The number of nitrogens with zero attached hydrogens (tertiary/aromatic N) is 2. The van der Waals surface area contributed by atoms with Crippen molar-refractivity contribution < 1.29 is 9.26 Å². The Balaban J connectivity index is 1.93. The Morgan fingerprint density at radius 1 is 1.43 bits per heavy atom. The van der Waals surface area contributed by atoms with Crippen LogP contribution in [0.4, 0.5) is 0 Å². The van der Waals surface area contributed by atoms with E-state index in [9.17, 15) is 0 Å². The summed E-state index contributed by atoms with van der Waals surface area (Å²) in [5.41, 5.74) is 0.754. The third-order valence-corrected chi connectivity index (χ3v) is 3.58. The average Bonchev–Trinajstić information content (AvgIpc) is 3.09. The van der Waals surface area contributed by atoms with Crippen LogP contribution in [0.1, 0.15) is 38.6 Å². The van der Waals surface area contributed by atoms with Gasteiger partial charge in [-0.2, -0.15) is 4.98 Å². The van der Waals surface area contributed by atoms with Crippen molar-refractivity contribution in [2.45, 2.75) is 38.8 Å². The molecule has 0 aliphatic carbocycles. The molecule has 2 heterocycles. The minimum Gasteiger partial charge on any atom is -0.490 e. The summed E-state index contributed by atoms with van der Waals surface area (Å²) in [5, 5.41) is 8.03. The zero-order valence-corrected chi connectivity index (χ0v) is 12.9. The van der Waals surface area contributed by atoms with Crippen LogP contribution >= 0.6 is 11.6 Å². The molecule has 0 spiro atoms. The maximum Gasteiger partial charge on any atom is 0.244 e. The van der Waals surface area contributed by atoms with Crippen LogP contribution in [-0.2, 0) is 0 Å². The van der Waals surface area contributed by atoms with Gasteiger partial charge < -0.3 is 14.6 Å². The molecule has 0 radical (unpaired) electrons. The molecule has 0 saturated carbocycles. The quantitative estimate of drug-likeness (QED) is 0.935. The summed E-state index contributed by atoms with van der Waals surface area (Å²) in [7, 11) is 0. The van der Waals surface area contributed by atoms with Gasteiger partial charge in [-0.25, -0.2) is 0 Å². The molecule has 1 fully saturated rings. The van der Waals surface area contributed by atoms with Crippen molar-refractivity contribution in [3.63, 3.8) is 0 Å². The lowest BCUT2D eigenvalue weighted by Gasteiger charge is -2.12. The van der Waals surface area contributed by atoms with E-state index in [0.29, 0.717) is 22.5 Å². The van der Waals surface area contributed by atoms with Gasteiger partial charge in [0.1, 0.15) is 5.75 Å². The fraction of sp³-hybridized carbons (Fsp3) is 0.467. The van der Waals surface area contributed by atoms with Gasteiger partial charge in [0.25, 0.3) is 0 Å². The van der Waals surface area contributed by atoms with E-state index in [-0.39, 0.29) is 12.1 Å². The number of halogens is 1. The topological polar surface area (TPSA) is 60.2 Å². The lowest BCUT2D eigenvalue weighted by atomic mass is 10.2. The molecule has 1 aliphatic rings. The number of nitrogens with one attached hydrogen (secondary N) is 1. The van der Waals surface area contributed by atoms with E-state index in [4.69, 9.17) is 20.9 Å². The maximum absolute atomic E-state index is 6.08. The molecule has 112 valence electrons. The maximum atomic E-state index is 6.08. The molecule has 1 aromatic heterocycles. The lowest BCUT2D eigenvalue weighted by Crippen LogP contribution is -2.13. The molecule has 0 bridgehead atoms. The number of hydrogen-bond donors (Lipinski definition) is 1. The Bertz CT molecular complexity index is 621. The summed E-state index contributed by atoms with van der Waals surface area (Å²) < 4.78 is 11.2. The molecule has 1 aliphatic heterocycles. The van der Waals surface area contributed by atoms with Gasteiger partial charge in [0.05, 0.1) is 17.7 Å². The summed E-state index contributed by atoms with van der Waals surface area (Å²) in [4.78, 5) is 4.49. The summed E-state index contributed by atoms with van der Waals surface area (Å²) in [5.74, 6) is 1.84. The molecule has 1 aromatic carbocycles. The van der Waals surface area contributed by atoms with E-state index in [0.717, 1.165) is 24.9 Å². The van der Waals surface area contributed by atoms with E-state index in [1.54, 1.807) is 12.1 Å². The van der Waals surface area contributed by atoms with Crippen LogP contribution in [0.25, 0.3) is 11.4 Å². The van der Waals surface area contributed by atoms with E-state index >= 15 is 0 Å².